The van der Waals surface area contributed by atoms with E-state index < -0.39 is 5.97 Å². The largest absolute Gasteiger partial charge is 0.478 e. The minimum absolute atomic E-state index is 0.316. The Balaban J connectivity index is 2.04. The molecule has 2 N–H and O–H groups in total. The molecule has 0 saturated carbocycles. The lowest BCUT2D eigenvalue weighted by Gasteiger charge is -2.04. The second-order valence-electron chi connectivity index (χ2n) is 3.49. The van der Waals surface area contributed by atoms with Crippen molar-refractivity contribution in [1.82, 2.24) is 0 Å². The van der Waals surface area contributed by atoms with Crippen LogP contribution in [-0.4, -0.2) is 11.1 Å². The summed E-state index contributed by atoms with van der Waals surface area (Å²) < 4.78 is 1.05. The van der Waals surface area contributed by atoms with Gasteiger partial charge in [0.25, 0.3) is 0 Å². The lowest BCUT2D eigenvalue weighted by molar-refractivity contribution is 0.0697. The SMILES string of the molecule is O=C(O)c1cccc(CNc2cc(Br)cs2)c1. The number of thiophene rings is 1. The molecule has 0 amide bonds. The van der Waals surface area contributed by atoms with Gasteiger partial charge in [0.1, 0.15) is 0 Å². The Kier molecular flexibility index (Phi) is 3.81. The van der Waals surface area contributed by atoms with Gasteiger partial charge in [0.2, 0.25) is 0 Å². The predicted octanol–water partition coefficient (Wildman–Crippen LogP) is 3.82. The summed E-state index contributed by atoms with van der Waals surface area (Å²) in [5.74, 6) is -0.897. The van der Waals surface area contributed by atoms with Crippen LogP contribution in [0.5, 0.6) is 0 Å². The van der Waals surface area contributed by atoms with Crippen molar-refractivity contribution in [3.63, 3.8) is 0 Å². The molecule has 3 nitrogen and oxygen atoms in total. The Morgan fingerprint density at radius 1 is 1.41 bits per heavy atom. The van der Waals surface area contributed by atoms with Crippen molar-refractivity contribution in [1.29, 1.82) is 0 Å². The van der Waals surface area contributed by atoms with Crippen LogP contribution in [0.25, 0.3) is 0 Å². The molecule has 1 heterocycles. The van der Waals surface area contributed by atoms with Crippen LogP contribution in [0.3, 0.4) is 0 Å². The Morgan fingerprint density at radius 3 is 2.88 bits per heavy atom. The first-order valence-electron chi connectivity index (χ1n) is 4.95. The van der Waals surface area contributed by atoms with Crippen molar-refractivity contribution in [2.75, 3.05) is 5.32 Å². The summed E-state index contributed by atoms with van der Waals surface area (Å²) in [5.41, 5.74) is 1.27. The van der Waals surface area contributed by atoms with Crippen molar-refractivity contribution >= 4 is 38.2 Å². The first kappa shape index (κ1) is 12.1. The standard InChI is InChI=1S/C12H10BrNO2S/c13-10-5-11(17-7-10)14-6-8-2-1-3-9(4-8)12(15)16/h1-5,7,14H,6H2,(H,15,16). The summed E-state index contributed by atoms with van der Waals surface area (Å²) in [6, 6.07) is 8.92. The summed E-state index contributed by atoms with van der Waals surface area (Å²) in [7, 11) is 0. The molecule has 0 saturated heterocycles. The average molecular weight is 312 g/mol. The zero-order valence-corrected chi connectivity index (χ0v) is 11.2. The molecule has 0 aliphatic rings. The number of aromatic carboxylic acids is 1. The van der Waals surface area contributed by atoms with E-state index in [0.717, 1.165) is 15.0 Å². The van der Waals surface area contributed by atoms with E-state index in [9.17, 15) is 4.79 Å². The summed E-state index contributed by atoms with van der Waals surface area (Å²) in [5, 5.41) is 15.2. The maximum Gasteiger partial charge on any atom is 0.335 e. The number of hydrogen-bond acceptors (Lipinski definition) is 3. The highest BCUT2D eigenvalue weighted by Crippen LogP contribution is 2.24. The molecule has 0 unspecified atom stereocenters. The number of carbonyl (C=O) groups is 1. The van der Waals surface area contributed by atoms with Crippen molar-refractivity contribution in [2.45, 2.75) is 6.54 Å². The van der Waals surface area contributed by atoms with Gasteiger partial charge in [0.05, 0.1) is 10.6 Å². The summed E-state index contributed by atoms with van der Waals surface area (Å²) in [4.78, 5) is 10.8. The Hall–Kier alpha value is -1.33. The van der Waals surface area contributed by atoms with Crippen LogP contribution in [0.2, 0.25) is 0 Å². The average Bonchev–Trinajstić information content (AvgIpc) is 2.73. The molecular weight excluding hydrogens is 302 g/mol. The molecule has 0 aliphatic heterocycles. The highest BCUT2D eigenvalue weighted by atomic mass is 79.9. The minimum atomic E-state index is -0.897. The third kappa shape index (κ3) is 3.31. The van der Waals surface area contributed by atoms with E-state index in [2.05, 4.69) is 21.2 Å². The predicted molar refractivity (Wildman–Crippen MR) is 72.7 cm³/mol. The fourth-order valence-electron chi connectivity index (χ4n) is 1.41. The van der Waals surface area contributed by atoms with E-state index in [4.69, 9.17) is 5.11 Å². The maximum atomic E-state index is 10.8. The zero-order chi connectivity index (χ0) is 12.3. The van der Waals surface area contributed by atoms with Crippen molar-refractivity contribution in [3.8, 4) is 0 Å². The van der Waals surface area contributed by atoms with Crippen molar-refractivity contribution in [2.24, 2.45) is 0 Å². The Bertz CT molecular complexity index is 539. The Labute approximate surface area is 111 Å². The van der Waals surface area contributed by atoms with Crippen LogP contribution in [0.1, 0.15) is 15.9 Å². The number of nitrogens with one attached hydrogen (secondary N) is 1. The van der Waals surface area contributed by atoms with Crippen LogP contribution < -0.4 is 5.32 Å². The maximum absolute atomic E-state index is 10.8. The van der Waals surface area contributed by atoms with Crippen LogP contribution >= 0.6 is 27.3 Å². The van der Waals surface area contributed by atoms with Gasteiger partial charge < -0.3 is 10.4 Å². The first-order chi connectivity index (χ1) is 8.15. The van der Waals surface area contributed by atoms with Gasteiger partial charge in [-0.3, -0.25) is 0 Å². The minimum Gasteiger partial charge on any atom is -0.478 e. The monoisotopic (exact) mass is 311 g/mol. The Morgan fingerprint density at radius 2 is 2.24 bits per heavy atom. The molecule has 0 atom stereocenters. The number of carboxylic acids is 1. The molecule has 17 heavy (non-hydrogen) atoms. The molecule has 1 aromatic heterocycles. The normalized spacial score (nSPS) is 10.2. The number of anilines is 1. The van der Waals surface area contributed by atoms with E-state index in [1.54, 1.807) is 29.5 Å². The van der Waals surface area contributed by atoms with E-state index in [0.29, 0.717) is 12.1 Å². The lowest BCUT2D eigenvalue weighted by Crippen LogP contribution is -2.01. The van der Waals surface area contributed by atoms with Crippen molar-refractivity contribution < 1.29 is 9.90 Å². The highest BCUT2D eigenvalue weighted by Gasteiger charge is 2.03. The third-order valence-corrected chi connectivity index (χ3v) is 3.86. The first-order valence-corrected chi connectivity index (χ1v) is 6.62. The molecule has 2 aromatic rings. The van der Waals surface area contributed by atoms with Gasteiger partial charge in [-0.15, -0.1) is 11.3 Å². The fraction of sp³-hybridized carbons (Fsp3) is 0.0833. The van der Waals surface area contributed by atoms with Gasteiger partial charge in [0, 0.05) is 16.4 Å². The van der Waals surface area contributed by atoms with Crippen LogP contribution in [0, 0.1) is 0 Å². The molecule has 2 rings (SSSR count). The summed E-state index contributed by atoms with van der Waals surface area (Å²) in [6.45, 7) is 0.619. The fourth-order valence-corrected chi connectivity index (χ4v) is 2.73. The van der Waals surface area contributed by atoms with E-state index >= 15 is 0 Å². The van der Waals surface area contributed by atoms with E-state index in [-0.39, 0.29) is 0 Å². The number of carboxylic acid groups (broad SMARTS) is 1. The van der Waals surface area contributed by atoms with Gasteiger partial charge in [-0.1, -0.05) is 12.1 Å². The summed E-state index contributed by atoms with van der Waals surface area (Å²) in [6.07, 6.45) is 0. The molecule has 0 fully saturated rings. The summed E-state index contributed by atoms with van der Waals surface area (Å²) >= 11 is 4.99. The molecule has 5 heteroatoms. The van der Waals surface area contributed by atoms with Gasteiger partial charge in [0.15, 0.2) is 0 Å². The van der Waals surface area contributed by atoms with Crippen LogP contribution in [0.15, 0.2) is 40.2 Å². The van der Waals surface area contributed by atoms with Crippen LogP contribution in [-0.2, 0) is 6.54 Å². The van der Waals surface area contributed by atoms with E-state index in [1.165, 1.54) is 0 Å². The second kappa shape index (κ2) is 5.33. The van der Waals surface area contributed by atoms with E-state index in [1.807, 2.05) is 17.5 Å². The lowest BCUT2D eigenvalue weighted by atomic mass is 10.1. The smallest absolute Gasteiger partial charge is 0.335 e. The van der Waals surface area contributed by atoms with Gasteiger partial charge >= 0.3 is 5.97 Å². The number of benzene rings is 1. The number of rotatable bonds is 4. The molecule has 0 radical (unpaired) electrons. The molecule has 88 valence electrons. The van der Waals surface area contributed by atoms with Crippen LogP contribution in [0.4, 0.5) is 5.00 Å². The van der Waals surface area contributed by atoms with Crippen molar-refractivity contribution in [3.05, 3.63) is 51.3 Å². The quantitative estimate of drug-likeness (QED) is 0.902. The van der Waals surface area contributed by atoms with Gasteiger partial charge in [-0.2, -0.15) is 0 Å². The zero-order valence-electron chi connectivity index (χ0n) is 8.81. The highest BCUT2D eigenvalue weighted by molar-refractivity contribution is 9.10. The molecule has 1 aromatic carbocycles. The molecule has 0 bridgehead atoms. The third-order valence-electron chi connectivity index (χ3n) is 2.21. The molecular formula is C12H10BrNO2S. The number of halogens is 1. The molecule has 0 spiro atoms. The molecule has 0 aliphatic carbocycles. The van der Waals surface area contributed by atoms with Gasteiger partial charge in [-0.05, 0) is 39.7 Å². The topological polar surface area (TPSA) is 49.3 Å². The second-order valence-corrected chi connectivity index (χ2v) is 5.32. The number of hydrogen-bond donors (Lipinski definition) is 2. The van der Waals surface area contributed by atoms with Gasteiger partial charge in [-0.25, -0.2) is 4.79 Å².